The molecule has 0 bridgehead atoms. The molecule has 2 aromatic heterocycles. The summed E-state index contributed by atoms with van der Waals surface area (Å²) in [6.07, 6.45) is 0. The Kier molecular flexibility index (Phi) is 5.02. The molecule has 4 aromatic rings. The highest BCUT2D eigenvalue weighted by Gasteiger charge is 2.17. The lowest BCUT2D eigenvalue weighted by Crippen LogP contribution is -2.24. The van der Waals surface area contributed by atoms with Crippen LogP contribution in [0.25, 0.3) is 21.5 Å². The highest BCUT2D eigenvalue weighted by molar-refractivity contribution is 7.19. The van der Waals surface area contributed by atoms with Gasteiger partial charge in [0.15, 0.2) is 5.52 Å². The molecule has 29 heavy (non-hydrogen) atoms. The largest absolute Gasteiger partial charge is 0.497 e. The minimum Gasteiger partial charge on any atom is -0.497 e. The molecule has 0 unspecified atom stereocenters. The third kappa shape index (κ3) is 3.71. The van der Waals surface area contributed by atoms with Gasteiger partial charge < -0.3 is 9.47 Å². The average Bonchev–Trinajstić information content (AvgIpc) is 3.12. The maximum absolute atomic E-state index is 13.4. The number of ether oxygens (including phenoxy) is 2. The summed E-state index contributed by atoms with van der Waals surface area (Å²) < 4.78 is 26.1. The lowest BCUT2D eigenvalue weighted by Gasteiger charge is -2.11. The Morgan fingerprint density at radius 3 is 2.34 bits per heavy atom. The van der Waals surface area contributed by atoms with Gasteiger partial charge in [-0.3, -0.25) is 4.79 Å². The fraction of sp³-hybridized carbons (Fsp3) is 0.190. The van der Waals surface area contributed by atoms with E-state index in [1.165, 1.54) is 28.2 Å². The number of benzene rings is 2. The van der Waals surface area contributed by atoms with E-state index in [2.05, 4.69) is 10.1 Å². The Morgan fingerprint density at radius 2 is 1.72 bits per heavy atom. The first-order valence-corrected chi connectivity index (χ1v) is 9.66. The van der Waals surface area contributed by atoms with Crippen molar-refractivity contribution in [1.82, 2.24) is 14.8 Å². The summed E-state index contributed by atoms with van der Waals surface area (Å²) in [5, 5.41) is 5.36. The molecule has 6 nitrogen and oxygen atoms in total. The molecular weight excluding hydrogens is 393 g/mol. The Labute approximate surface area is 170 Å². The summed E-state index contributed by atoms with van der Waals surface area (Å²) >= 11 is 1.40. The van der Waals surface area contributed by atoms with Crippen LogP contribution >= 0.6 is 11.3 Å². The van der Waals surface area contributed by atoms with Crippen molar-refractivity contribution in [3.8, 4) is 22.8 Å². The monoisotopic (exact) mass is 411 g/mol. The minimum absolute atomic E-state index is 0.215. The number of nitrogens with zero attached hydrogens (tertiary/aromatic N) is 3. The van der Waals surface area contributed by atoms with Gasteiger partial charge in [-0.1, -0.05) is 0 Å². The zero-order valence-corrected chi connectivity index (χ0v) is 16.9. The van der Waals surface area contributed by atoms with E-state index < -0.39 is 0 Å². The molecule has 4 rings (SSSR count). The quantitative estimate of drug-likeness (QED) is 0.496. The summed E-state index contributed by atoms with van der Waals surface area (Å²) in [5.74, 6) is 0.913. The highest BCUT2D eigenvalue weighted by Crippen LogP contribution is 2.30. The summed E-state index contributed by atoms with van der Waals surface area (Å²) in [6.45, 7) is 2.06. The van der Waals surface area contributed by atoms with E-state index in [1.807, 2.05) is 19.1 Å². The maximum Gasteiger partial charge on any atom is 0.294 e. The van der Waals surface area contributed by atoms with E-state index >= 15 is 0 Å². The molecule has 0 amide bonds. The Bertz CT molecular complexity index is 1230. The van der Waals surface area contributed by atoms with Gasteiger partial charge >= 0.3 is 0 Å². The van der Waals surface area contributed by atoms with Crippen molar-refractivity contribution in [3.63, 3.8) is 0 Å². The molecule has 148 valence electrons. The number of hydrogen-bond donors (Lipinski definition) is 0. The standard InChI is InChI=1S/C21H18FN3O3S/c1-12-23-19-20(29-12)18(14-4-6-15(22)7-5-14)24-25(21(19)26)11-13-8-16(27-2)10-17(9-13)28-3/h4-10H,11H2,1-3H3. The molecule has 0 aliphatic rings. The van der Waals surface area contributed by atoms with Gasteiger partial charge in [0.25, 0.3) is 5.56 Å². The Hall–Kier alpha value is -3.26. The van der Waals surface area contributed by atoms with Crippen molar-refractivity contribution in [2.75, 3.05) is 14.2 Å². The fourth-order valence-electron chi connectivity index (χ4n) is 3.10. The van der Waals surface area contributed by atoms with Gasteiger partial charge in [0.2, 0.25) is 0 Å². The van der Waals surface area contributed by atoms with Crippen LogP contribution in [0.15, 0.2) is 47.3 Å². The van der Waals surface area contributed by atoms with Gasteiger partial charge in [0, 0.05) is 11.6 Å². The number of aromatic nitrogens is 3. The van der Waals surface area contributed by atoms with E-state index in [4.69, 9.17) is 9.47 Å². The number of hydrogen-bond acceptors (Lipinski definition) is 6. The van der Waals surface area contributed by atoms with Gasteiger partial charge in [-0.2, -0.15) is 5.10 Å². The molecule has 0 radical (unpaired) electrons. The minimum atomic E-state index is -0.331. The number of methoxy groups -OCH3 is 2. The molecule has 0 saturated carbocycles. The van der Waals surface area contributed by atoms with E-state index in [-0.39, 0.29) is 17.9 Å². The average molecular weight is 411 g/mol. The number of halogens is 1. The first kappa shape index (κ1) is 19.1. The second-order valence-electron chi connectivity index (χ2n) is 6.45. The first-order valence-electron chi connectivity index (χ1n) is 8.84. The van der Waals surface area contributed by atoms with Crippen molar-refractivity contribution in [3.05, 3.63) is 69.2 Å². The molecule has 8 heteroatoms. The second kappa shape index (κ2) is 7.63. The predicted octanol–water partition coefficient (Wildman–Crippen LogP) is 4.03. The van der Waals surface area contributed by atoms with Crippen LogP contribution in [0.2, 0.25) is 0 Å². The molecule has 2 heterocycles. The van der Waals surface area contributed by atoms with Gasteiger partial charge in [0.1, 0.15) is 23.0 Å². The SMILES string of the molecule is COc1cc(Cn2nc(-c3ccc(F)cc3)c3sc(C)nc3c2=O)cc(OC)c1. The molecule has 0 spiro atoms. The van der Waals surface area contributed by atoms with Crippen molar-refractivity contribution >= 4 is 21.6 Å². The molecule has 0 atom stereocenters. The maximum atomic E-state index is 13.4. The second-order valence-corrected chi connectivity index (χ2v) is 7.65. The molecule has 0 fully saturated rings. The summed E-state index contributed by atoms with van der Waals surface area (Å²) in [7, 11) is 3.14. The zero-order valence-electron chi connectivity index (χ0n) is 16.1. The van der Waals surface area contributed by atoms with Crippen LogP contribution in [0.4, 0.5) is 4.39 Å². The predicted molar refractivity (Wildman–Crippen MR) is 110 cm³/mol. The van der Waals surface area contributed by atoms with Gasteiger partial charge in [-0.15, -0.1) is 11.3 Å². The van der Waals surface area contributed by atoms with Crippen molar-refractivity contribution < 1.29 is 13.9 Å². The van der Waals surface area contributed by atoms with E-state index in [0.29, 0.717) is 27.4 Å². The molecule has 0 saturated heterocycles. The Morgan fingerprint density at radius 1 is 1.07 bits per heavy atom. The molecule has 0 N–H and O–H groups in total. The van der Waals surface area contributed by atoms with E-state index in [1.54, 1.807) is 32.4 Å². The topological polar surface area (TPSA) is 66.2 Å². The van der Waals surface area contributed by atoms with Gasteiger partial charge in [0.05, 0.1) is 30.5 Å². The lowest BCUT2D eigenvalue weighted by molar-refractivity contribution is 0.393. The van der Waals surface area contributed by atoms with Crippen molar-refractivity contribution in [2.45, 2.75) is 13.5 Å². The summed E-state index contributed by atoms with van der Waals surface area (Å²) in [4.78, 5) is 17.4. The van der Waals surface area contributed by atoms with Crippen LogP contribution in [-0.2, 0) is 6.54 Å². The van der Waals surface area contributed by atoms with Crippen LogP contribution in [0.1, 0.15) is 10.6 Å². The van der Waals surface area contributed by atoms with Crippen molar-refractivity contribution in [2.24, 2.45) is 0 Å². The lowest BCUT2D eigenvalue weighted by atomic mass is 10.1. The van der Waals surface area contributed by atoms with E-state index in [9.17, 15) is 9.18 Å². The van der Waals surface area contributed by atoms with Crippen LogP contribution in [-0.4, -0.2) is 29.0 Å². The molecule has 2 aromatic carbocycles. The number of rotatable bonds is 5. The first-order chi connectivity index (χ1) is 14.0. The van der Waals surface area contributed by atoms with Gasteiger partial charge in [-0.25, -0.2) is 14.1 Å². The zero-order chi connectivity index (χ0) is 20.5. The normalized spacial score (nSPS) is 11.0. The van der Waals surface area contributed by atoms with Crippen LogP contribution in [0.3, 0.4) is 0 Å². The van der Waals surface area contributed by atoms with Crippen LogP contribution in [0.5, 0.6) is 11.5 Å². The highest BCUT2D eigenvalue weighted by atomic mass is 32.1. The summed E-state index contributed by atoms with van der Waals surface area (Å²) in [6, 6.07) is 11.5. The number of fused-ring (bicyclic) bond motifs is 1. The number of thiazole rings is 1. The molecule has 0 aliphatic heterocycles. The fourth-order valence-corrected chi connectivity index (χ4v) is 4.02. The third-order valence-corrected chi connectivity index (χ3v) is 5.45. The van der Waals surface area contributed by atoms with Crippen LogP contribution in [0, 0.1) is 12.7 Å². The van der Waals surface area contributed by atoms with E-state index in [0.717, 1.165) is 16.1 Å². The van der Waals surface area contributed by atoms with Crippen molar-refractivity contribution in [1.29, 1.82) is 0 Å². The number of aryl methyl sites for hydroxylation is 1. The Balaban J connectivity index is 1.88. The smallest absolute Gasteiger partial charge is 0.294 e. The molecular formula is C21H18FN3O3S. The summed E-state index contributed by atoms with van der Waals surface area (Å²) in [5.41, 5.74) is 2.19. The third-order valence-electron chi connectivity index (χ3n) is 4.47. The van der Waals surface area contributed by atoms with Gasteiger partial charge in [-0.05, 0) is 48.9 Å². The molecule has 0 aliphatic carbocycles. The van der Waals surface area contributed by atoms with Crippen LogP contribution < -0.4 is 15.0 Å².